The van der Waals surface area contributed by atoms with Crippen LogP contribution in [-0.2, 0) is 9.53 Å². The van der Waals surface area contributed by atoms with Crippen LogP contribution in [0.3, 0.4) is 0 Å². The first-order valence-corrected chi connectivity index (χ1v) is 5.59. The molecule has 3 nitrogen and oxygen atoms in total. The Balaban J connectivity index is 2.29. The maximum absolute atomic E-state index is 11.4. The number of hydrogen-bond acceptors (Lipinski definition) is 3. The molecule has 0 aromatic heterocycles. The zero-order chi connectivity index (χ0) is 10.6. The summed E-state index contributed by atoms with van der Waals surface area (Å²) in [6.45, 7) is 8.31. The molecule has 3 heteroatoms. The largest absolute Gasteiger partial charge is 0.466 e. The smallest absolute Gasteiger partial charge is 0.309 e. The molecule has 0 heterocycles. The number of carbonyl (C=O) groups excluding carboxylic acids is 1. The zero-order valence-electron chi connectivity index (χ0n) is 9.45. The predicted octanol–water partition coefficient (Wildman–Crippen LogP) is 1.67. The van der Waals surface area contributed by atoms with Crippen LogP contribution in [-0.4, -0.2) is 36.6 Å². The van der Waals surface area contributed by atoms with E-state index in [1.807, 2.05) is 13.8 Å². The normalized spacial score (nSPS) is 18.3. The molecule has 0 spiro atoms. The molecule has 1 aliphatic carbocycles. The van der Waals surface area contributed by atoms with Crippen LogP contribution in [0.25, 0.3) is 0 Å². The maximum atomic E-state index is 11.4. The van der Waals surface area contributed by atoms with E-state index in [0.29, 0.717) is 6.61 Å². The molecule has 0 saturated heterocycles. The molecule has 1 saturated carbocycles. The molecule has 0 bridgehead atoms. The van der Waals surface area contributed by atoms with Crippen LogP contribution in [0.4, 0.5) is 0 Å². The monoisotopic (exact) mass is 199 g/mol. The third kappa shape index (κ3) is 3.29. The summed E-state index contributed by atoms with van der Waals surface area (Å²) >= 11 is 0. The molecular weight excluding hydrogens is 178 g/mol. The van der Waals surface area contributed by atoms with Crippen molar-refractivity contribution in [3.05, 3.63) is 0 Å². The summed E-state index contributed by atoms with van der Waals surface area (Å²) in [5, 5.41) is 0. The summed E-state index contributed by atoms with van der Waals surface area (Å²) in [6.07, 6.45) is 2.59. The topological polar surface area (TPSA) is 29.5 Å². The highest BCUT2D eigenvalue weighted by Gasteiger charge is 2.30. The molecule has 1 rings (SSSR count). The number of carbonyl (C=O) groups is 1. The third-order valence-electron chi connectivity index (χ3n) is 2.67. The lowest BCUT2D eigenvalue weighted by Gasteiger charge is -2.22. The van der Waals surface area contributed by atoms with Crippen LogP contribution in [0.2, 0.25) is 0 Å². The van der Waals surface area contributed by atoms with Gasteiger partial charge in [-0.15, -0.1) is 0 Å². The second kappa shape index (κ2) is 5.35. The van der Waals surface area contributed by atoms with Crippen molar-refractivity contribution in [2.75, 3.05) is 19.7 Å². The molecule has 0 amide bonds. The van der Waals surface area contributed by atoms with Crippen molar-refractivity contribution in [1.82, 2.24) is 4.90 Å². The highest BCUT2D eigenvalue weighted by Crippen LogP contribution is 2.27. The quantitative estimate of drug-likeness (QED) is 0.609. The highest BCUT2D eigenvalue weighted by atomic mass is 16.5. The average Bonchev–Trinajstić information content (AvgIpc) is 2.97. The number of rotatable bonds is 6. The molecule has 82 valence electrons. The molecule has 0 aliphatic heterocycles. The van der Waals surface area contributed by atoms with Gasteiger partial charge in [0.1, 0.15) is 0 Å². The Hall–Kier alpha value is -0.570. The molecule has 1 unspecified atom stereocenters. The van der Waals surface area contributed by atoms with Crippen molar-refractivity contribution in [3.8, 4) is 0 Å². The minimum Gasteiger partial charge on any atom is -0.466 e. The van der Waals surface area contributed by atoms with Gasteiger partial charge in [-0.25, -0.2) is 0 Å². The van der Waals surface area contributed by atoms with Gasteiger partial charge in [-0.05, 0) is 26.3 Å². The number of esters is 1. The van der Waals surface area contributed by atoms with Crippen molar-refractivity contribution in [1.29, 1.82) is 0 Å². The van der Waals surface area contributed by atoms with Gasteiger partial charge in [0.15, 0.2) is 0 Å². The molecule has 0 N–H and O–H groups in total. The zero-order valence-corrected chi connectivity index (χ0v) is 9.45. The number of ether oxygens (including phenoxy) is 1. The minimum absolute atomic E-state index is 0.00972. The Bertz CT molecular complexity index is 190. The van der Waals surface area contributed by atoms with E-state index in [9.17, 15) is 4.79 Å². The van der Waals surface area contributed by atoms with Crippen molar-refractivity contribution >= 4 is 5.97 Å². The Morgan fingerprint density at radius 3 is 2.57 bits per heavy atom. The van der Waals surface area contributed by atoms with E-state index in [1.54, 1.807) is 0 Å². The van der Waals surface area contributed by atoms with Gasteiger partial charge < -0.3 is 4.74 Å². The van der Waals surface area contributed by atoms with E-state index in [2.05, 4.69) is 11.8 Å². The Kier molecular flexibility index (Phi) is 4.39. The molecule has 0 aromatic rings. The second-order valence-electron chi connectivity index (χ2n) is 3.97. The number of hydrogen-bond donors (Lipinski definition) is 0. The fourth-order valence-corrected chi connectivity index (χ4v) is 1.69. The average molecular weight is 199 g/mol. The summed E-state index contributed by atoms with van der Waals surface area (Å²) in [7, 11) is 0. The molecule has 14 heavy (non-hydrogen) atoms. The van der Waals surface area contributed by atoms with E-state index >= 15 is 0 Å². The molecule has 0 radical (unpaired) electrons. The van der Waals surface area contributed by atoms with Crippen LogP contribution in [0.5, 0.6) is 0 Å². The van der Waals surface area contributed by atoms with Gasteiger partial charge in [-0.2, -0.15) is 0 Å². The van der Waals surface area contributed by atoms with E-state index < -0.39 is 0 Å². The summed E-state index contributed by atoms with van der Waals surface area (Å²) in [5.74, 6) is -0.0536. The van der Waals surface area contributed by atoms with E-state index in [1.165, 1.54) is 12.8 Å². The summed E-state index contributed by atoms with van der Waals surface area (Å²) in [5.41, 5.74) is 0. The van der Waals surface area contributed by atoms with E-state index in [4.69, 9.17) is 4.74 Å². The lowest BCUT2D eigenvalue weighted by molar-refractivity contribution is -0.148. The van der Waals surface area contributed by atoms with Gasteiger partial charge in [-0.1, -0.05) is 13.8 Å². The van der Waals surface area contributed by atoms with Crippen LogP contribution >= 0.6 is 0 Å². The van der Waals surface area contributed by atoms with Crippen molar-refractivity contribution in [2.45, 2.75) is 39.7 Å². The van der Waals surface area contributed by atoms with Crippen molar-refractivity contribution in [2.24, 2.45) is 5.92 Å². The maximum Gasteiger partial charge on any atom is 0.309 e. The van der Waals surface area contributed by atoms with Crippen LogP contribution in [0, 0.1) is 5.92 Å². The van der Waals surface area contributed by atoms with E-state index in [0.717, 1.165) is 19.1 Å². The highest BCUT2D eigenvalue weighted by molar-refractivity contribution is 5.72. The third-order valence-corrected chi connectivity index (χ3v) is 2.67. The van der Waals surface area contributed by atoms with Crippen LogP contribution in [0.1, 0.15) is 33.6 Å². The molecule has 1 aliphatic rings. The Labute approximate surface area is 86.4 Å². The van der Waals surface area contributed by atoms with Crippen molar-refractivity contribution < 1.29 is 9.53 Å². The Morgan fingerprint density at radius 2 is 2.14 bits per heavy atom. The molecular formula is C11H21NO2. The van der Waals surface area contributed by atoms with Gasteiger partial charge in [0.2, 0.25) is 0 Å². The first-order valence-electron chi connectivity index (χ1n) is 5.59. The molecule has 1 atom stereocenters. The second-order valence-corrected chi connectivity index (χ2v) is 3.97. The standard InChI is InChI=1S/C11H21NO2/c1-4-12(10-6-7-10)8-9(3)11(13)14-5-2/h9-10H,4-8H2,1-3H3. The van der Waals surface area contributed by atoms with Gasteiger partial charge in [0, 0.05) is 12.6 Å². The fraction of sp³-hybridized carbons (Fsp3) is 0.909. The van der Waals surface area contributed by atoms with Crippen LogP contribution in [0.15, 0.2) is 0 Å². The van der Waals surface area contributed by atoms with Gasteiger partial charge in [0.25, 0.3) is 0 Å². The first kappa shape index (κ1) is 11.5. The molecule has 0 aromatic carbocycles. The minimum atomic E-state index is -0.0633. The van der Waals surface area contributed by atoms with Gasteiger partial charge in [0.05, 0.1) is 12.5 Å². The van der Waals surface area contributed by atoms with Crippen molar-refractivity contribution in [3.63, 3.8) is 0 Å². The summed E-state index contributed by atoms with van der Waals surface area (Å²) in [4.78, 5) is 13.8. The summed E-state index contributed by atoms with van der Waals surface area (Å²) < 4.78 is 4.98. The predicted molar refractivity (Wildman–Crippen MR) is 56.1 cm³/mol. The molecule has 1 fully saturated rings. The first-order chi connectivity index (χ1) is 6.69. The van der Waals surface area contributed by atoms with Crippen LogP contribution < -0.4 is 0 Å². The van der Waals surface area contributed by atoms with Gasteiger partial charge >= 0.3 is 5.97 Å². The lowest BCUT2D eigenvalue weighted by Crippen LogP contribution is -2.34. The van der Waals surface area contributed by atoms with Gasteiger partial charge in [-0.3, -0.25) is 9.69 Å². The lowest BCUT2D eigenvalue weighted by atomic mass is 10.1. The number of nitrogens with zero attached hydrogens (tertiary/aromatic N) is 1. The SMILES string of the molecule is CCOC(=O)C(C)CN(CC)C1CC1. The fourth-order valence-electron chi connectivity index (χ4n) is 1.69. The summed E-state index contributed by atoms with van der Waals surface area (Å²) in [6, 6.07) is 0.733. The van der Waals surface area contributed by atoms with E-state index in [-0.39, 0.29) is 11.9 Å². The Morgan fingerprint density at radius 1 is 1.50 bits per heavy atom.